The first kappa shape index (κ1) is 25.6. The molecule has 0 saturated heterocycles. The summed E-state index contributed by atoms with van der Waals surface area (Å²) in [4.78, 5) is 54.3. The Morgan fingerprint density at radius 2 is 1.60 bits per heavy atom. The summed E-state index contributed by atoms with van der Waals surface area (Å²) in [5.41, 5.74) is 0.942. The quantitative estimate of drug-likeness (QED) is 0.377. The molecule has 2 aromatic carbocycles. The molecule has 0 aliphatic rings. The van der Waals surface area contributed by atoms with E-state index in [4.69, 9.17) is 16.7 Å². The van der Waals surface area contributed by atoms with Gasteiger partial charge in [0.2, 0.25) is 0 Å². The highest BCUT2D eigenvalue weighted by atomic mass is 35.5. The summed E-state index contributed by atoms with van der Waals surface area (Å²) in [5.74, 6) is -3.60. The number of carbonyl (C=O) groups excluding carboxylic acids is 2. The van der Waals surface area contributed by atoms with Crippen molar-refractivity contribution in [3.8, 4) is 11.1 Å². The van der Waals surface area contributed by atoms with Crippen LogP contribution in [0, 0.1) is 5.92 Å². The van der Waals surface area contributed by atoms with E-state index >= 15 is 0 Å². The Bertz CT molecular complexity index is 1300. The Labute approximate surface area is 206 Å². The van der Waals surface area contributed by atoms with Crippen LogP contribution in [0.3, 0.4) is 0 Å². The van der Waals surface area contributed by atoms with Gasteiger partial charge in [0, 0.05) is 17.8 Å². The van der Waals surface area contributed by atoms with Gasteiger partial charge < -0.3 is 20.7 Å². The van der Waals surface area contributed by atoms with Crippen LogP contribution in [-0.2, 0) is 10.3 Å². The third-order valence-corrected chi connectivity index (χ3v) is 5.71. The van der Waals surface area contributed by atoms with E-state index in [2.05, 4.69) is 20.6 Å². The third kappa shape index (κ3) is 6.33. The van der Waals surface area contributed by atoms with Gasteiger partial charge in [0.1, 0.15) is 5.56 Å². The van der Waals surface area contributed by atoms with Crippen molar-refractivity contribution in [2.24, 2.45) is 5.92 Å². The molecule has 182 valence electrons. The average Bonchev–Trinajstić information content (AvgIpc) is 2.82. The Balaban J connectivity index is 1.70. The van der Waals surface area contributed by atoms with Crippen LogP contribution < -0.4 is 16.2 Å². The molecule has 0 aliphatic heterocycles. The van der Waals surface area contributed by atoms with Crippen molar-refractivity contribution in [1.29, 1.82) is 0 Å². The largest absolute Gasteiger partial charge is 0.481 e. The van der Waals surface area contributed by atoms with Crippen molar-refractivity contribution < 1.29 is 19.5 Å². The highest BCUT2D eigenvalue weighted by Gasteiger charge is 2.25. The van der Waals surface area contributed by atoms with E-state index in [1.807, 2.05) is 48.5 Å². The number of aromatic nitrogens is 2. The number of halogens is 1. The first-order valence-electron chi connectivity index (χ1n) is 10.8. The van der Waals surface area contributed by atoms with Crippen LogP contribution in [0.4, 0.5) is 0 Å². The van der Waals surface area contributed by atoms with Crippen molar-refractivity contribution in [3.05, 3.63) is 87.1 Å². The molecule has 2 amide bonds. The molecule has 3 rings (SSSR count). The maximum Gasteiger partial charge on any atom is 0.308 e. The average molecular weight is 497 g/mol. The van der Waals surface area contributed by atoms with Gasteiger partial charge >= 0.3 is 5.97 Å². The summed E-state index contributed by atoms with van der Waals surface area (Å²) in [6, 6.07) is 15.1. The number of aliphatic carboxylic acids is 1. The van der Waals surface area contributed by atoms with Crippen LogP contribution in [0.25, 0.3) is 11.1 Å². The number of carbonyl (C=O) groups is 3. The van der Waals surface area contributed by atoms with Gasteiger partial charge in [-0.25, -0.2) is 4.98 Å². The normalized spacial score (nSPS) is 12.0. The molecule has 1 heterocycles. The topological polar surface area (TPSA) is 141 Å². The summed E-state index contributed by atoms with van der Waals surface area (Å²) in [6.45, 7) is 4.90. The van der Waals surface area contributed by atoms with E-state index in [1.165, 1.54) is 6.92 Å². The van der Waals surface area contributed by atoms with Gasteiger partial charge in [0.05, 0.1) is 11.5 Å². The van der Waals surface area contributed by atoms with Crippen LogP contribution in [-0.4, -0.2) is 39.4 Å². The number of hydrogen-bond acceptors (Lipinski definition) is 5. The second-order valence-electron chi connectivity index (χ2n) is 8.59. The number of carboxylic acid groups (broad SMARTS) is 1. The molecule has 0 fully saturated rings. The highest BCUT2D eigenvalue weighted by Crippen LogP contribution is 2.26. The summed E-state index contributed by atoms with van der Waals surface area (Å²) in [7, 11) is 0. The lowest BCUT2D eigenvalue weighted by atomic mass is 9.92. The fourth-order valence-corrected chi connectivity index (χ4v) is 3.36. The lowest BCUT2D eigenvalue weighted by molar-refractivity contribution is -0.140. The number of nitrogens with zero attached hydrogens (tertiary/aromatic N) is 1. The monoisotopic (exact) mass is 496 g/mol. The molecule has 1 atom stereocenters. The Hall–Kier alpha value is -3.98. The standard InChI is InChI=1S/C25H25ClN4O5/c1-14(24(34)35)12-28-23(33)20-27-13-19(21(31)29-20)22(32)30-25(2,3)17-8-4-15(5-9-17)16-6-10-18(26)11-7-16/h4-11,13-14H,12H2,1-3H3,(H,28,33)(H,30,32)(H,34,35)(H,27,29,31)/t14-/m0/s1. The smallest absolute Gasteiger partial charge is 0.308 e. The SMILES string of the molecule is C[C@@H](CNC(=O)c1ncc(C(=O)NC(C)(C)c2ccc(-c3ccc(Cl)cc3)cc2)c(=O)[nH]1)C(=O)O. The zero-order valence-electron chi connectivity index (χ0n) is 19.4. The van der Waals surface area contributed by atoms with Crippen LogP contribution in [0.5, 0.6) is 0 Å². The van der Waals surface area contributed by atoms with Crippen molar-refractivity contribution in [1.82, 2.24) is 20.6 Å². The molecule has 35 heavy (non-hydrogen) atoms. The predicted octanol–water partition coefficient (Wildman–Crippen LogP) is 3.21. The maximum atomic E-state index is 12.8. The van der Waals surface area contributed by atoms with Gasteiger partial charge in [-0.2, -0.15) is 0 Å². The predicted molar refractivity (Wildman–Crippen MR) is 131 cm³/mol. The number of benzene rings is 2. The fraction of sp³-hybridized carbons (Fsp3) is 0.240. The Morgan fingerprint density at radius 3 is 2.14 bits per heavy atom. The molecule has 10 heteroatoms. The molecule has 0 aliphatic carbocycles. The second kappa shape index (κ2) is 10.5. The summed E-state index contributed by atoms with van der Waals surface area (Å²) < 4.78 is 0. The Morgan fingerprint density at radius 1 is 1.03 bits per heavy atom. The van der Waals surface area contributed by atoms with Gasteiger partial charge in [-0.1, -0.05) is 54.9 Å². The van der Waals surface area contributed by atoms with Crippen LogP contribution >= 0.6 is 11.6 Å². The number of aromatic amines is 1. The van der Waals surface area contributed by atoms with Crippen molar-refractivity contribution in [2.75, 3.05) is 6.54 Å². The van der Waals surface area contributed by atoms with Gasteiger partial charge in [-0.05, 0) is 42.7 Å². The van der Waals surface area contributed by atoms with Gasteiger partial charge in [0.25, 0.3) is 17.4 Å². The zero-order chi connectivity index (χ0) is 25.8. The van der Waals surface area contributed by atoms with Crippen molar-refractivity contribution in [2.45, 2.75) is 26.3 Å². The minimum atomic E-state index is -1.07. The molecule has 9 nitrogen and oxygen atoms in total. The number of H-pyrrole nitrogens is 1. The molecular formula is C25H25ClN4O5. The first-order valence-corrected chi connectivity index (χ1v) is 11.1. The number of hydrogen-bond donors (Lipinski definition) is 4. The lowest BCUT2D eigenvalue weighted by Crippen LogP contribution is -2.43. The fourth-order valence-electron chi connectivity index (χ4n) is 3.23. The zero-order valence-corrected chi connectivity index (χ0v) is 20.1. The number of amides is 2. The van der Waals surface area contributed by atoms with E-state index in [0.717, 1.165) is 22.9 Å². The number of rotatable bonds is 8. The molecular weight excluding hydrogens is 472 g/mol. The van der Waals surface area contributed by atoms with E-state index in [9.17, 15) is 19.2 Å². The minimum absolute atomic E-state index is 0.134. The lowest BCUT2D eigenvalue weighted by Gasteiger charge is -2.27. The van der Waals surface area contributed by atoms with Crippen LogP contribution in [0.15, 0.2) is 59.5 Å². The number of carboxylic acids is 1. The van der Waals surface area contributed by atoms with E-state index < -0.39 is 34.8 Å². The molecule has 0 saturated carbocycles. The van der Waals surface area contributed by atoms with Crippen LogP contribution in [0.1, 0.15) is 47.3 Å². The van der Waals surface area contributed by atoms with Gasteiger partial charge in [0.15, 0.2) is 5.82 Å². The summed E-state index contributed by atoms with van der Waals surface area (Å²) in [5, 5.41) is 14.7. The molecule has 0 radical (unpaired) electrons. The Kier molecular flexibility index (Phi) is 7.71. The van der Waals surface area contributed by atoms with Crippen molar-refractivity contribution >= 4 is 29.4 Å². The molecule has 0 bridgehead atoms. The summed E-state index contributed by atoms with van der Waals surface area (Å²) in [6.07, 6.45) is 1.02. The summed E-state index contributed by atoms with van der Waals surface area (Å²) >= 11 is 5.95. The van der Waals surface area contributed by atoms with E-state index in [0.29, 0.717) is 5.02 Å². The van der Waals surface area contributed by atoms with Gasteiger partial charge in [-0.15, -0.1) is 0 Å². The molecule has 3 aromatic rings. The van der Waals surface area contributed by atoms with Crippen LogP contribution in [0.2, 0.25) is 5.02 Å². The number of nitrogens with one attached hydrogen (secondary N) is 3. The van der Waals surface area contributed by atoms with Crippen molar-refractivity contribution in [3.63, 3.8) is 0 Å². The first-order chi connectivity index (χ1) is 16.5. The van der Waals surface area contributed by atoms with E-state index in [1.54, 1.807) is 13.8 Å². The van der Waals surface area contributed by atoms with E-state index in [-0.39, 0.29) is 17.9 Å². The molecule has 1 aromatic heterocycles. The maximum absolute atomic E-state index is 12.8. The third-order valence-electron chi connectivity index (χ3n) is 5.46. The molecule has 0 unspecified atom stereocenters. The van der Waals surface area contributed by atoms with Gasteiger partial charge in [-0.3, -0.25) is 19.2 Å². The second-order valence-corrected chi connectivity index (χ2v) is 9.02. The molecule has 0 spiro atoms. The highest BCUT2D eigenvalue weighted by molar-refractivity contribution is 6.30. The molecule has 4 N–H and O–H groups in total. The minimum Gasteiger partial charge on any atom is -0.481 e.